The van der Waals surface area contributed by atoms with Gasteiger partial charge in [-0.1, -0.05) is 12.1 Å². The third-order valence-corrected chi connectivity index (χ3v) is 5.11. The van der Waals surface area contributed by atoms with Gasteiger partial charge < -0.3 is 14.8 Å². The molecule has 0 aliphatic carbocycles. The van der Waals surface area contributed by atoms with Crippen molar-refractivity contribution in [3.8, 4) is 28.4 Å². The van der Waals surface area contributed by atoms with Crippen LogP contribution in [0.2, 0.25) is 0 Å². The maximum Gasteiger partial charge on any atom is 0.271 e. The SMILES string of the molecule is CNC(=O)c1cc(-c2c(OC)cccc2OC)n(-c2ccc(C)c(C)c2C)n1. The van der Waals surface area contributed by atoms with Crippen molar-refractivity contribution in [3.05, 3.63) is 58.8 Å². The van der Waals surface area contributed by atoms with Gasteiger partial charge in [0.05, 0.1) is 31.2 Å². The Bertz CT molecular complexity index is 1020. The number of methoxy groups -OCH3 is 2. The van der Waals surface area contributed by atoms with E-state index in [1.165, 1.54) is 11.1 Å². The van der Waals surface area contributed by atoms with Crippen LogP contribution in [-0.2, 0) is 0 Å². The standard InChI is InChI=1S/C22H25N3O3/c1-13-10-11-17(15(3)14(13)2)25-18(12-16(24-25)22(26)23-4)21-19(27-5)8-7-9-20(21)28-6/h7-12H,1-6H3,(H,23,26). The van der Waals surface area contributed by atoms with Crippen LogP contribution in [0.5, 0.6) is 11.5 Å². The van der Waals surface area contributed by atoms with E-state index in [2.05, 4.69) is 37.3 Å². The van der Waals surface area contributed by atoms with Gasteiger partial charge in [0.2, 0.25) is 0 Å². The fourth-order valence-corrected chi connectivity index (χ4v) is 3.26. The zero-order valence-corrected chi connectivity index (χ0v) is 17.1. The van der Waals surface area contributed by atoms with Gasteiger partial charge in [0.1, 0.15) is 11.5 Å². The number of carbonyl (C=O) groups excluding carboxylic acids is 1. The quantitative estimate of drug-likeness (QED) is 0.731. The Morgan fingerprint density at radius 2 is 1.64 bits per heavy atom. The second-order valence-corrected chi connectivity index (χ2v) is 6.59. The highest BCUT2D eigenvalue weighted by atomic mass is 16.5. The second-order valence-electron chi connectivity index (χ2n) is 6.59. The van der Waals surface area contributed by atoms with Crippen LogP contribution in [0.1, 0.15) is 27.2 Å². The first-order valence-electron chi connectivity index (χ1n) is 9.03. The van der Waals surface area contributed by atoms with Crippen molar-refractivity contribution >= 4 is 5.91 Å². The normalized spacial score (nSPS) is 10.6. The number of benzene rings is 2. The van der Waals surface area contributed by atoms with E-state index in [-0.39, 0.29) is 5.91 Å². The van der Waals surface area contributed by atoms with Crippen LogP contribution in [-0.4, -0.2) is 37.0 Å². The summed E-state index contributed by atoms with van der Waals surface area (Å²) in [5.41, 5.74) is 6.18. The van der Waals surface area contributed by atoms with Gasteiger partial charge in [-0.3, -0.25) is 4.79 Å². The van der Waals surface area contributed by atoms with E-state index in [4.69, 9.17) is 9.47 Å². The number of rotatable bonds is 5. The Balaban J connectivity index is 2.36. The molecule has 28 heavy (non-hydrogen) atoms. The third kappa shape index (κ3) is 3.22. The van der Waals surface area contributed by atoms with Crippen LogP contribution in [0.3, 0.4) is 0 Å². The number of nitrogens with zero attached hydrogens (tertiary/aromatic N) is 2. The first kappa shape index (κ1) is 19.5. The highest BCUT2D eigenvalue weighted by Gasteiger charge is 2.23. The molecular weight excluding hydrogens is 354 g/mol. The number of amides is 1. The molecule has 3 aromatic rings. The van der Waals surface area contributed by atoms with E-state index in [1.54, 1.807) is 32.0 Å². The van der Waals surface area contributed by atoms with Crippen molar-refractivity contribution in [2.45, 2.75) is 20.8 Å². The van der Waals surface area contributed by atoms with Crippen LogP contribution >= 0.6 is 0 Å². The molecule has 0 aliphatic heterocycles. The van der Waals surface area contributed by atoms with Gasteiger partial charge in [0, 0.05) is 7.05 Å². The minimum Gasteiger partial charge on any atom is -0.496 e. The molecule has 1 heterocycles. The summed E-state index contributed by atoms with van der Waals surface area (Å²) in [5, 5.41) is 7.24. The van der Waals surface area contributed by atoms with Crippen LogP contribution < -0.4 is 14.8 Å². The molecule has 146 valence electrons. The maximum atomic E-state index is 12.3. The summed E-state index contributed by atoms with van der Waals surface area (Å²) in [6, 6.07) is 11.4. The van der Waals surface area contributed by atoms with Crippen molar-refractivity contribution in [2.75, 3.05) is 21.3 Å². The third-order valence-electron chi connectivity index (χ3n) is 5.11. The van der Waals surface area contributed by atoms with Gasteiger partial charge >= 0.3 is 0 Å². The predicted octanol–water partition coefficient (Wildman–Crippen LogP) is 3.84. The molecule has 0 bridgehead atoms. The van der Waals surface area contributed by atoms with E-state index >= 15 is 0 Å². The molecule has 1 aromatic heterocycles. The summed E-state index contributed by atoms with van der Waals surface area (Å²) in [5.74, 6) is 1.03. The lowest BCUT2D eigenvalue weighted by Crippen LogP contribution is -2.18. The molecule has 6 heteroatoms. The number of nitrogens with one attached hydrogen (secondary N) is 1. The topological polar surface area (TPSA) is 65.4 Å². The molecule has 0 aliphatic rings. The molecule has 6 nitrogen and oxygen atoms in total. The van der Waals surface area contributed by atoms with Crippen molar-refractivity contribution in [1.29, 1.82) is 0 Å². The molecule has 1 N–H and O–H groups in total. The Hall–Kier alpha value is -3.28. The monoisotopic (exact) mass is 379 g/mol. The van der Waals surface area contributed by atoms with Crippen LogP contribution in [0.25, 0.3) is 16.9 Å². The average molecular weight is 379 g/mol. The van der Waals surface area contributed by atoms with E-state index in [0.29, 0.717) is 17.2 Å². The number of aryl methyl sites for hydroxylation is 1. The summed E-state index contributed by atoms with van der Waals surface area (Å²) in [4.78, 5) is 12.3. The molecular formula is C22H25N3O3. The van der Waals surface area contributed by atoms with Crippen LogP contribution in [0.4, 0.5) is 0 Å². The van der Waals surface area contributed by atoms with Crippen molar-refractivity contribution < 1.29 is 14.3 Å². The number of hydrogen-bond acceptors (Lipinski definition) is 4. The Kier molecular flexibility index (Phi) is 5.40. The summed E-state index contributed by atoms with van der Waals surface area (Å²) in [7, 11) is 4.81. The second kappa shape index (κ2) is 7.76. The Morgan fingerprint density at radius 1 is 1.00 bits per heavy atom. The fourth-order valence-electron chi connectivity index (χ4n) is 3.26. The summed E-state index contributed by atoms with van der Waals surface area (Å²) >= 11 is 0. The zero-order valence-electron chi connectivity index (χ0n) is 17.1. The molecule has 0 unspecified atom stereocenters. The molecule has 0 radical (unpaired) electrons. The van der Waals surface area contributed by atoms with Crippen LogP contribution in [0, 0.1) is 20.8 Å². The van der Waals surface area contributed by atoms with Gasteiger partial charge in [-0.15, -0.1) is 0 Å². The summed E-state index contributed by atoms with van der Waals surface area (Å²) < 4.78 is 12.9. The molecule has 3 rings (SSSR count). The van der Waals surface area contributed by atoms with Crippen molar-refractivity contribution in [3.63, 3.8) is 0 Å². The molecule has 1 amide bonds. The summed E-state index contributed by atoms with van der Waals surface area (Å²) in [6.07, 6.45) is 0. The van der Waals surface area contributed by atoms with Gasteiger partial charge in [0.15, 0.2) is 5.69 Å². The van der Waals surface area contributed by atoms with Crippen molar-refractivity contribution in [2.24, 2.45) is 0 Å². The lowest BCUT2D eigenvalue weighted by atomic mass is 10.0. The highest BCUT2D eigenvalue weighted by molar-refractivity contribution is 5.94. The number of ether oxygens (including phenoxy) is 2. The van der Waals surface area contributed by atoms with Gasteiger partial charge in [-0.05, 0) is 61.7 Å². The average Bonchev–Trinajstić information content (AvgIpc) is 3.15. The predicted molar refractivity (Wildman–Crippen MR) is 110 cm³/mol. The molecule has 0 spiro atoms. The zero-order chi connectivity index (χ0) is 20.4. The highest BCUT2D eigenvalue weighted by Crippen LogP contribution is 2.40. The van der Waals surface area contributed by atoms with Gasteiger partial charge in [-0.2, -0.15) is 5.10 Å². The van der Waals surface area contributed by atoms with Crippen molar-refractivity contribution in [1.82, 2.24) is 15.1 Å². The molecule has 0 saturated heterocycles. The van der Waals surface area contributed by atoms with Crippen LogP contribution in [0.15, 0.2) is 36.4 Å². The smallest absolute Gasteiger partial charge is 0.271 e. The molecule has 0 saturated carbocycles. The number of hydrogen-bond donors (Lipinski definition) is 1. The number of aromatic nitrogens is 2. The lowest BCUT2D eigenvalue weighted by molar-refractivity contribution is 0.0957. The van der Waals surface area contributed by atoms with E-state index in [9.17, 15) is 4.79 Å². The minimum atomic E-state index is -0.254. The van der Waals surface area contributed by atoms with Gasteiger partial charge in [0.25, 0.3) is 5.91 Å². The first-order valence-corrected chi connectivity index (χ1v) is 9.03. The van der Waals surface area contributed by atoms with Gasteiger partial charge in [-0.25, -0.2) is 4.68 Å². The molecule has 0 fully saturated rings. The first-order chi connectivity index (χ1) is 13.4. The Morgan fingerprint density at radius 3 is 2.21 bits per heavy atom. The molecule has 2 aromatic carbocycles. The fraction of sp³-hybridized carbons (Fsp3) is 0.273. The van der Waals surface area contributed by atoms with E-state index < -0.39 is 0 Å². The maximum absolute atomic E-state index is 12.3. The molecule has 0 atom stereocenters. The number of carbonyl (C=O) groups is 1. The Labute approximate surface area is 165 Å². The van der Waals surface area contributed by atoms with E-state index in [1.807, 2.05) is 24.3 Å². The largest absolute Gasteiger partial charge is 0.496 e. The van der Waals surface area contributed by atoms with E-state index in [0.717, 1.165) is 22.5 Å². The minimum absolute atomic E-state index is 0.254. The lowest BCUT2D eigenvalue weighted by Gasteiger charge is -2.17. The summed E-state index contributed by atoms with van der Waals surface area (Å²) in [6.45, 7) is 6.22.